The lowest BCUT2D eigenvalue weighted by atomic mass is 9.88. The molecule has 1 aromatic carbocycles. The van der Waals surface area contributed by atoms with Crippen LogP contribution in [0.4, 0.5) is 0 Å². The molecule has 1 fully saturated rings. The van der Waals surface area contributed by atoms with Crippen LogP contribution in [0.25, 0.3) is 0 Å². The van der Waals surface area contributed by atoms with Gasteiger partial charge in [0.1, 0.15) is 4.21 Å². The molecule has 31 heavy (non-hydrogen) atoms. The van der Waals surface area contributed by atoms with Gasteiger partial charge in [-0.2, -0.15) is 4.31 Å². The Bertz CT molecular complexity index is 1030. The van der Waals surface area contributed by atoms with E-state index in [0.29, 0.717) is 17.1 Å². The number of fused-ring (bicyclic) bond motifs is 1. The Kier molecular flexibility index (Phi) is 6.74. The van der Waals surface area contributed by atoms with Gasteiger partial charge in [-0.15, -0.1) is 11.3 Å². The van der Waals surface area contributed by atoms with Crippen molar-refractivity contribution in [1.82, 2.24) is 9.62 Å². The van der Waals surface area contributed by atoms with E-state index in [4.69, 9.17) is 4.74 Å². The van der Waals surface area contributed by atoms with Crippen molar-refractivity contribution >= 4 is 33.2 Å². The molecule has 2 heterocycles. The summed E-state index contributed by atoms with van der Waals surface area (Å²) in [6, 6.07) is 11.3. The Balaban J connectivity index is 1.24. The predicted octanol–water partition coefficient (Wildman–Crippen LogP) is 2.89. The second-order valence-corrected chi connectivity index (χ2v) is 11.0. The van der Waals surface area contributed by atoms with Gasteiger partial charge in [0.05, 0.1) is 12.0 Å². The number of sulfonamides is 1. The van der Waals surface area contributed by atoms with Gasteiger partial charge in [-0.3, -0.25) is 9.59 Å². The zero-order valence-electron chi connectivity index (χ0n) is 17.2. The van der Waals surface area contributed by atoms with Gasteiger partial charge >= 0.3 is 5.97 Å². The van der Waals surface area contributed by atoms with Crippen molar-refractivity contribution in [2.45, 2.75) is 42.4 Å². The maximum Gasteiger partial charge on any atom is 0.309 e. The average Bonchev–Trinajstić information content (AvgIpc) is 3.34. The molecule has 1 saturated heterocycles. The molecule has 0 spiro atoms. The normalized spacial score (nSPS) is 20.1. The first-order chi connectivity index (χ1) is 14.9. The molecule has 1 aromatic heterocycles. The number of piperidine rings is 1. The third-order valence-electron chi connectivity index (χ3n) is 5.93. The van der Waals surface area contributed by atoms with Gasteiger partial charge in [0, 0.05) is 13.1 Å². The molecule has 9 heteroatoms. The number of benzene rings is 1. The number of nitrogens with one attached hydrogen (secondary N) is 1. The van der Waals surface area contributed by atoms with Crippen LogP contribution in [0.5, 0.6) is 0 Å². The summed E-state index contributed by atoms with van der Waals surface area (Å²) in [5, 5.41) is 4.70. The molecule has 0 radical (unpaired) electrons. The molecule has 1 amide bonds. The van der Waals surface area contributed by atoms with Crippen LogP contribution in [-0.4, -0.2) is 44.3 Å². The molecule has 7 nitrogen and oxygen atoms in total. The average molecular weight is 463 g/mol. The highest BCUT2D eigenvalue weighted by Crippen LogP contribution is 2.29. The molecule has 166 valence electrons. The smallest absolute Gasteiger partial charge is 0.309 e. The fraction of sp³-hybridized carbons (Fsp3) is 0.455. The number of esters is 1. The first-order valence-corrected chi connectivity index (χ1v) is 12.8. The van der Waals surface area contributed by atoms with E-state index in [0.717, 1.165) is 24.8 Å². The second kappa shape index (κ2) is 9.50. The summed E-state index contributed by atoms with van der Waals surface area (Å²) in [5.74, 6) is -1.14. The highest BCUT2D eigenvalue weighted by molar-refractivity contribution is 7.91. The number of amides is 1. The van der Waals surface area contributed by atoms with Crippen LogP contribution < -0.4 is 5.32 Å². The van der Waals surface area contributed by atoms with Crippen LogP contribution in [0.15, 0.2) is 46.0 Å². The summed E-state index contributed by atoms with van der Waals surface area (Å²) >= 11 is 1.19. The monoisotopic (exact) mass is 462 g/mol. The molecule has 0 bridgehead atoms. The summed E-state index contributed by atoms with van der Waals surface area (Å²) in [7, 11) is -3.50. The number of hydrogen-bond acceptors (Lipinski definition) is 6. The van der Waals surface area contributed by atoms with Gasteiger partial charge in [0.2, 0.25) is 0 Å². The van der Waals surface area contributed by atoms with Crippen molar-refractivity contribution in [3.05, 3.63) is 52.9 Å². The van der Waals surface area contributed by atoms with E-state index in [1.165, 1.54) is 21.2 Å². The first kappa shape index (κ1) is 22.0. The molecule has 4 rings (SSSR count). The number of aryl methyl sites for hydroxylation is 1. The molecular formula is C22H26N2O5S2. The van der Waals surface area contributed by atoms with Gasteiger partial charge < -0.3 is 10.1 Å². The Labute approximate surface area is 186 Å². The van der Waals surface area contributed by atoms with E-state index < -0.39 is 21.9 Å². The van der Waals surface area contributed by atoms with Crippen LogP contribution in [0.2, 0.25) is 0 Å². The largest absolute Gasteiger partial charge is 0.455 e. The van der Waals surface area contributed by atoms with Crippen LogP contribution in [0.1, 0.15) is 42.9 Å². The zero-order valence-corrected chi connectivity index (χ0v) is 18.8. The van der Waals surface area contributed by atoms with Crippen molar-refractivity contribution in [1.29, 1.82) is 0 Å². The minimum absolute atomic E-state index is 0.0538. The number of nitrogens with zero attached hydrogens (tertiary/aromatic N) is 1. The van der Waals surface area contributed by atoms with E-state index in [1.54, 1.807) is 17.5 Å². The summed E-state index contributed by atoms with van der Waals surface area (Å²) in [6.45, 7) is 0.224. The fourth-order valence-corrected chi connectivity index (χ4v) is 6.88. The minimum atomic E-state index is -3.50. The topological polar surface area (TPSA) is 92.8 Å². The maximum atomic E-state index is 12.6. The lowest BCUT2D eigenvalue weighted by Crippen LogP contribution is -2.41. The molecule has 1 atom stereocenters. The predicted molar refractivity (Wildman–Crippen MR) is 117 cm³/mol. The van der Waals surface area contributed by atoms with Crippen LogP contribution in [0.3, 0.4) is 0 Å². The van der Waals surface area contributed by atoms with Gasteiger partial charge in [-0.05, 0) is 54.7 Å². The summed E-state index contributed by atoms with van der Waals surface area (Å²) < 4.78 is 32.1. The van der Waals surface area contributed by atoms with Gasteiger partial charge in [-0.25, -0.2) is 8.42 Å². The standard InChI is InChI=1S/C22H26N2O5S2/c25-20(23-19-8-3-6-16-5-1-2-7-18(16)19)15-29-22(26)17-10-12-24(13-11-17)31(27,28)21-9-4-14-30-21/h1-2,4-5,7,9,14,17,19H,3,6,8,10-13,15H2,(H,23,25). The van der Waals surface area contributed by atoms with Crippen LogP contribution in [-0.2, 0) is 30.8 Å². The molecule has 1 aliphatic carbocycles. The van der Waals surface area contributed by atoms with Crippen molar-refractivity contribution in [2.24, 2.45) is 5.92 Å². The fourth-order valence-electron chi connectivity index (χ4n) is 4.26. The van der Waals surface area contributed by atoms with Gasteiger partial charge in [0.15, 0.2) is 6.61 Å². The Morgan fingerprint density at radius 2 is 1.87 bits per heavy atom. The lowest BCUT2D eigenvalue weighted by Gasteiger charge is -2.29. The highest BCUT2D eigenvalue weighted by Gasteiger charge is 2.33. The van der Waals surface area contributed by atoms with E-state index >= 15 is 0 Å². The van der Waals surface area contributed by atoms with Crippen molar-refractivity contribution < 1.29 is 22.7 Å². The number of hydrogen-bond donors (Lipinski definition) is 1. The SMILES string of the molecule is O=C(COC(=O)C1CCN(S(=O)(=O)c2cccs2)CC1)NC1CCCc2ccccc21. The molecular weight excluding hydrogens is 436 g/mol. The van der Waals surface area contributed by atoms with Crippen LogP contribution in [0, 0.1) is 5.92 Å². The number of carbonyl (C=O) groups is 2. The number of thiophene rings is 1. The minimum Gasteiger partial charge on any atom is -0.455 e. The molecule has 2 aliphatic rings. The van der Waals surface area contributed by atoms with E-state index in [-0.39, 0.29) is 31.6 Å². The molecule has 2 aromatic rings. The molecule has 0 saturated carbocycles. The second-order valence-electron chi connectivity index (χ2n) is 7.93. The number of ether oxygens (including phenoxy) is 1. The third-order valence-corrected chi connectivity index (χ3v) is 9.20. The Hall–Kier alpha value is -2.23. The van der Waals surface area contributed by atoms with E-state index in [2.05, 4.69) is 11.4 Å². The maximum absolute atomic E-state index is 12.6. The van der Waals surface area contributed by atoms with Crippen molar-refractivity contribution in [2.75, 3.05) is 19.7 Å². The number of rotatable bonds is 6. The van der Waals surface area contributed by atoms with E-state index in [1.807, 2.05) is 18.2 Å². The third kappa shape index (κ3) is 4.99. The summed E-state index contributed by atoms with van der Waals surface area (Å²) in [4.78, 5) is 24.8. The lowest BCUT2D eigenvalue weighted by molar-refractivity contribution is -0.153. The van der Waals surface area contributed by atoms with Crippen LogP contribution >= 0.6 is 11.3 Å². The Morgan fingerprint density at radius 3 is 2.61 bits per heavy atom. The van der Waals surface area contributed by atoms with E-state index in [9.17, 15) is 18.0 Å². The first-order valence-electron chi connectivity index (χ1n) is 10.5. The molecule has 1 N–H and O–H groups in total. The summed E-state index contributed by atoms with van der Waals surface area (Å²) in [6.07, 6.45) is 3.67. The van der Waals surface area contributed by atoms with Gasteiger partial charge in [0.25, 0.3) is 15.9 Å². The molecule has 1 aliphatic heterocycles. The highest BCUT2D eigenvalue weighted by atomic mass is 32.2. The van der Waals surface area contributed by atoms with Gasteiger partial charge in [-0.1, -0.05) is 30.3 Å². The molecule has 1 unspecified atom stereocenters. The quantitative estimate of drug-likeness (QED) is 0.667. The number of carbonyl (C=O) groups excluding carboxylic acids is 2. The van der Waals surface area contributed by atoms with Crippen molar-refractivity contribution in [3.8, 4) is 0 Å². The zero-order chi connectivity index (χ0) is 21.8. The Morgan fingerprint density at radius 1 is 1.10 bits per heavy atom. The summed E-state index contributed by atoms with van der Waals surface area (Å²) in [5.41, 5.74) is 2.38. The van der Waals surface area contributed by atoms with Crippen molar-refractivity contribution in [3.63, 3.8) is 0 Å².